The van der Waals surface area contributed by atoms with Gasteiger partial charge in [0.05, 0.1) is 18.5 Å². The van der Waals surface area contributed by atoms with Crippen LogP contribution in [0.25, 0.3) is 0 Å². The highest BCUT2D eigenvalue weighted by atomic mass is 16.6. The lowest BCUT2D eigenvalue weighted by Crippen LogP contribution is -2.46. The number of carbonyl (C=O) groups is 1. The molecule has 204 valence electrons. The summed E-state index contributed by atoms with van der Waals surface area (Å²) in [5.74, 6) is 1.99. The Morgan fingerprint density at radius 3 is 2.58 bits per heavy atom. The van der Waals surface area contributed by atoms with Crippen LogP contribution in [0, 0.1) is 0 Å². The molecule has 1 aromatic heterocycles. The number of rotatable bonds is 10. The van der Waals surface area contributed by atoms with Crippen molar-refractivity contribution in [3.8, 4) is 11.5 Å². The largest absolute Gasteiger partial charge is 0.486 e. The zero-order valence-electron chi connectivity index (χ0n) is 22.1. The van der Waals surface area contributed by atoms with E-state index in [1.165, 1.54) is 17.0 Å². The lowest BCUT2D eigenvalue weighted by Gasteiger charge is -2.36. The minimum Gasteiger partial charge on any atom is -0.486 e. The third-order valence-corrected chi connectivity index (χ3v) is 6.49. The number of hydrogen-bond acceptors (Lipinski definition) is 8. The quantitative estimate of drug-likeness (QED) is 0.362. The number of piperidine rings is 1. The lowest BCUT2D eigenvalue weighted by atomic mass is 9.91. The highest BCUT2D eigenvalue weighted by Gasteiger charge is 2.31. The molecule has 0 bridgehead atoms. The number of benzene rings is 1. The molecule has 2 aromatic rings. The highest BCUT2D eigenvalue weighted by Crippen LogP contribution is 2.31. The van der Waals surface area contributed by atoms with Crippen molar-refractivity contribution >= 4 is 12.1 Å². The monoisotopic (exact) mass is 522 g/mol. The van der Waals surface area contributed by atoms with Crippen LogP contribution in [-0.2, 0) is 17.9 Å². The van der Waals surface area contributed by atoms with Gasteiger partial charge in [0.1, 0.15) is 25.3 Å². The maximum Gasteiger partial charge on any atom is 0.255 e. The molecule has 0 atom stereocenters. The van der Waals surface area contributed by atoms with Crippen molar-refractivity contribution in [1.82, 2.24) is 14.5 Å². The van der Waals surface area contributed by atoms with E-state index in [1.807, 2.05) is 31.3 Å². The molecule has 2 aliphatic rings. The van der Waals surface area contributed by atoms with Gasteiger partial charge in [-0.3, -0.25) is 9.36 Å². The molecule has 4 rings (SSSR count). The summed E-state index contributed by atoms with van der Waals surface area (Å²) < 4.78 is 12.6. The van der Waals surface area contributed by atoms with Gasteiger partial charge in [0.2, 0.25) is 0 Å². The van der Waals surface area contributed by atoms with Crippen molar-refractivity contribution in [2.75, 3.05) is 38.7 Å². The summed E-state index contributed by atoms with van der Waals surface area (Å²) in [6.07, 6.45) is 10.3. The van der Waals surface area contributed by atoms with Crippen molar-refractivity contribution in [3.63, 3.8) is 0 Å². The summed E-state index contributed by atoms with van der Waals surface area (Å²) in [4.78, 5) is 28.9. The van der Waals surface area contributed by atoms with Crippen molar-refractivity contribution in [3.05, 3.63) is 83.5 Å². The van der Waals surface area contributed by atoms with Crippen LogP contribution in [0.2, 0.25) is 0 Å². The van der Waals surface area contributed by atoms with Crippen LogP contribution in [0.4, 0.5) is 5.82 Å². The number of likely N-dealkylation sites (tertiary alicyclic amines) is 1. The molecule has 0 aliphatic carbocycles. The Hall–Kier alpha value is -3.69. The lowest BCUT2D eigenvalue weighted by molar-refractivity contribution is -0.107. The Kier molecular flexibility index (Phi) is 10.9. The average molecular weight is 523 g/mol. The first kappa shape index (κ1) is 28.9. The molecule has 0 unspecified atom stereocenters. The molecule has 2 aliphatic heterocycles. The molecular weight excluding hydrogens is 484 g/mol. The molecule has 0 saturated carbocycles. The first-order valence-corrected chi connectivity index (χ1v) is 12.8. The van der Waals surface area contributed by atoms with Gasteiger partial charge in [-0.15, -0.1) is 0 Å². The van der Waals surface area contributed by atoms with Crippen LogP contribution in [0.1, 0.15) is 31.2 Å². The Morgan fingerprint density at radius 2 is 1.92 bits per heavy atom. The summed E-state index contributed by atoms with van der Waals surface area (Å²) in [6, 6.07) is 7.24. The van der Waals surface area contributed by atoms with E-state index in [1.54, 1.807) is 12.2 Å². The number of anilines is 1. The van der Waals surface area contributed by atoms with E-state index in [0.29, 0.717) is 44.8 Å². The number of allylic oxidation sites excluding steroid dienone is 4. The third-order valence-electron chi connectivity index (χ3n) is 6.49. The van der Waals surface area contributed by atoms with Gasteiger partial charge in [-0.1, -0.05) is 37.5 Å². The van der Waals surface area contributed by atoms with Gasteiger partial charge in [0.25, 0.3) is 5.56 Å². The predicted octanol–water partition coefficient (Wildman–Crippen LogP) is 3.35. The molecule has 38 heavy (non-hydrogen) atoms. The van der Waals surface area contributed by atoms with Gasteiger partial charge in [-0.05, 0) is 49.6 Å². The standard InChI is InChI=1S/C20H26N4O4.C9H12O/c1-23-6-4-20(26,5-7-23)13-24-14-22-18(11-19(24)25)21-12-15-2-3-16-17(10-15)28-9-8-27-16;1-3-6-9(4-2)7-5-8-10/h2-3,10-11,14,21,26H,4-9,12-13H2,1H3;3-4,6,8H,1-2,5,7H2/b;9-6+. The Balaban J connectivity index is 0.000000342. The molecule has 1 aromatic carbocycles. The Bertz CT molecular complexity index is 1180. The molecule has 9 nitrogen and oxygen atoms in total. The zero-order valence-corrected chi connectivity index (χ0v) is 22.1. The predicted molar refractivity (Wildman–Crippen MR) is 149 cm³/mol. The fourth-order valence-corrected chi connectivity index (χ4v) is 4.17. The highest BCUT2D eigenvalue weighted by molar-refractivity contribution is 5.50. The first-order chi connectivity index (χ1) is 18.4. The van der Waals surface area contributed by atoms with Crippen molar-refractivity contribution in [2.45, 2.75) is 44.4 Å². The number of nitrogens with zero attached hydrogens (tertiary/aromatic N) is 3. The van der Waals surface area contributed by atoms with Crippen LogP contribution in [0.5, 0.6) is 11.5 Å². The van der Waals surface area contributed by atoms with Crippen LogP contribution >= 0.6 is 0 Å². The number of hydrogen-bond donors (Lipinski definition) is 2. The molecule has 1 fully saturated rings. The molecule has 9 heteroatoms. The van der Waals surface area contributed by atoms with Gasteiger partial charge in [0.15, 0.2) is 11.5 Å². The number of nitrogens with one attached hydrogen (secondary N) is 1. The summed E-state index contributed by atoms with van der Waals surface area (Å²) in [7, 11) is 2.04. The smallest absolute Gasteiger partial charge is 0.255 e. The van der Waals surface area contributed by atoms with Gasteiger partial charge in [-0.25, -0.2) is 4.98 Å². The average Bonchev–Trinajstić information content (AvgIpc) is 2.93. The van der Waals surface area contributed by atoms with Gasteiger partial charge < -0.3 is 29.6 Å². The third kappa shape index (κ3) is 8.71. The number of aldehydes is 1. The number of ether oxygens (including phenoxy) is 2. The van der Waals surface area contributed by atoms with Gasteiger partial charge >= 0.3 is 0 Å². The zero-order chi connectivity index (χ0) is 27.4. The van der Waals surface area contributed by atoms with Gasteiger partial charge in [0, 0.05) is 32.1 Å². The van der Waals surface area contributed by atoms with E-state index in [9.17, 15) is 14.7 Å². The fourth-order valence-electron chi connectivity index (χ4n) is 4.17. The number of aromatic nitrogens is 2. The maximum atomic E-state index is 12.4. The summed E-state index contributed by atoms with van der Waals surface area (Å²) in [5.41, 5.74) is 1.04. The second kappa shape index (κ2) is 14.3. The second-order valence-electron chi connectivity index (χ2n) is 9.49. The minimum atomic E-state index is -0.849. The van der Waals surface area contributed by atoms with Crippen molar-refractivity contribution in [2.24, 2.45) is 0 Å². The summed E-state index contributed by atoms with van der Waals surface area (Å²) in [6.45, 7) is 10.7. The summed E-state index contributed by atoms with van der Waals surface area (Å²) >= 11 is 0. The molecule has 0 spiro atoms. The Labute approximate surface area is 224 Å². The molecular formula is C29H38N4O5. The van der Waals surface area contributed by atoms with E-state index in [-0.39, 0.29) is 12.1 Å². The first-order valence-electron chi connectivity index (χ1n) is 12.8. The topological polar surface area (TPSA) is 106 Å². The minimum absolute atomic E-state index is 0.174. The van der Waals surface area contributed by atoms with Crippen LogP contribution < -0.4 is 20.3 Å². The van der Waals surface area contributed by atoms with E-state index >= 15 is 0 Å². The molecule has 3 heterocycles. The van der Waals surface area contributed by atoms with Crippen LogP contribution in [-0.4, -0.2) is 64.8 Å². The number of aliphatic hydroxyl groups is 1. The van der Waals surface area contributed by atoms with Crippen LogP contribution in [0.15, 0.2) is 72.3 Å². The maximum absolute atomic E-state index is 12.4. The van der Waals surface area contributed by atoms with E-state index in [4.69, 9.17) is 9.47 Å². The fraction of sp³-hybridized carbons (Fsp3) is 0.414. The van der Waals surface area contributed by atoms with E-state index in [0.717, 1.165) is 48.4 Å². The van der Waals surface area contributed by atoms with Gasteiger partial charge in [-0.2, -0.15) is 0 Å². The summed E-state index contributed by atoms with van der Waals surface area (Å²) in [5, 5.41) is 13.9. The molecule has 2 N–H and O–H groups in total. The second-order valence-corrected chi connectivity index (χ2v) is 9.49. The Morgan fingerprint density at radius 1 is 1.18 bits per heavy atom. The van der Waals surface area contributed by atoms with Crippen molar-refractivity contribution < 1.29 is 19.4 Å². The molecule has 0 radical (unpaired) electrons. The van der Waals surface area contributed by atoms with Crippen molar-refractivity contribution in [1.29, 1.82) is 0 Å². The molecule has 1 saturated heterocycles. The SMILES string of the molecule is C=C/C=C(\C=C)CCC=O.CN1CCC(O)(Cn2cnc(NCc3ccc4c(c3)OCCO4)cc2=O)CC1. The van der Waals surface area contributed by atoms with E-state index < -0.39 is 5.60 Å². The van der Waals surface area contributed by atoms with Crippen LogP contribution in [0.3, 0.4) is 0 Å². The number of fused-ring (bicyclic) bond motifs is 1. The molecule has 0 amide bonds. The number of carbonyl (C=O) groups excluding carboxylic acids is 1. The normalized spacial score (nSPS) is 16.5. The van der Waals surface area contributed by atoms with E-state index in [2.05, 4.69) is 28.4 Å².